The Morgan fingerprint density at radius 1 is 1.00 bits per heavy atom. The second-order valence-electron chi connectivity index (χ2n) is 6.83. The Kier molecular flexibility index (Phi) is 7.08. The molecule has 0 amide bonds. The van der Waals surface area contributed by atoms with Crippen LogP contribution in [-0.4, -0.2) is 18.0 Å². The van der Waals surface area contributed by atoms with Crippen LogP contribution in [0.4, 0.5) is 5.69 Å². The van der Waals surface area contributed by atoms with E-state index in [2.05, 4.69) is 57.7 Å². The minimum absolute atomic E-state index is 0.764. The average Bonchev–Trinajstić information content (AvgIpc) is 2.36. The molecular weight excluding hydrogens is 244 g/mol. The summed E-state index contributed by atoms with van der Waals surface area (Å²) in [5, 5.41) is 0. The standard InChI is InChI=1S/C18H32N2/c1-14(2)8-10-20(11-9-15(3)4)13-17-7-6-16(5)18(19)12-17/h6-7,12,14-15H,8-11,13,19H2,1-5H3. The molecule has 0 aliphatic rings. The Bertz CT molecular complexity index is 384. The third-order valence-electron chi connectivity index (χ3n) is 3.80. The lowest BCUT2D eigenvalue weighted by atomic mass is 10.1. The SMILES string of the molecule is Cc1ccc(CN(CCC(C)C)CCC(C)C)cc1N. The van der Waals surface area contributed by atoms with Gasteiger partial charge in [0.05, 0.1) is 0 Å². The van der Waals surface area contributed by atoms with Crippen molar-refractivity contribution in [1.82, 2.24) is 4.90 Å². The number of rotatable bonds is 8. The maximum Gasteiger partial charge on any atom is 0.0346 e. The van der Waals surface area contributed by atoms with E-state index in [1.165, 1.54) is 37.1 Å². The maximum atomic E-state index is 6.02. The van der Waals surface area contributed by atoms with Crippen LogP contribution in [0.2, 0.25) is 0 Å². The summed E-state index contributed by atoms with van der Waals surface area (Å²) < 4.78 is 0. The molecule has 114 valence electrons. The first-order chi connectivity index (χ1) is 9.38. The summed E-state index contributed by atoms with van der Waals surface area (Å²) in [6.45, 7) is 14.6. The molecular formula is C18H32N2. The Morgan fingerprint density at radius 2 is 1.55 bits per heavy atom. The van der Waals surface area contributed by atoms with Gasteiger partial charge in [0.25, 0.3) is 0 Å². The third kappa shape index (κ3) is 6.42. The van der Waals surface area contributed by atoms with Crippen LogP contribution in [0, 0.1) is 18.8 Å². The Morgan fingerprint density at radius 3 is 2.00 bits per heavy atom. The number of anilines is 1. The molecule has 2 nitrogen and oxygen atoms in total. The Hall–Kier alpha value is -1.02. The molecule has 2 heteroatoms. The molecule has 20 heavy (non-hydrogen) atoms. The highest BCUT2D eigenvalue weighted by atomic mass is 15.1. The summed E-state index contributed by atoms with van der Waals surface area (Å²) in [6, 6.07) is 6.48. The van der Waals surface area contributed by atoms with E-state index in [0.717, 1.165) is 24.1 Å². The van der Waals surface area contributed by atoms with Gasteiger partial charge in [-0.15, -0.1) is 0 Å². The van der Waals surface area contributed by atoms with Crippen LogP contribution in [0.5, 0.6) is 0 Å². The summed E-state index contributed by atoms with van der Waals surface area (Å²) in [5.41, 5.74) is 9.44. The van der Waals surface area contributed by atoms with Gasteiger partial charge >= 0.3 is 0 Å². The summed E-state index contributed by atoms with van der Waals surface area (Å²) >= 11 is 0. The number of nitrogens with two attached hydrogens (primary N) is 1. The summed E-state index contributed by atoms with van der Waals surface area (Å²) in [7, 11) is 0. The molecule has 0 aliphatic carbocycles. The Labute approximate surface area is 125 Å². The number of benzene rings is 1. The number of aryl methyl sites for hydroxylation is 1. The lowest BCUT2D eigenvalue weighted by molar-refractivity contribution is 0.236. The monoisotopic (exact) mass is 276 g/mol. The van der Waals surface area contributed by atoms with Crippen molar-refractivity contribution in [3.8, 4) is 0 Å². The molecule has 0 unspecified atom stereocenters. The third-order valence-corrected chi connectivity index (χ3v) is 3.80. The topological polar surface area (TPSA) is 29.3 Å². The van der Waals surface area contributed by atoms with Gasteiger partial charge < -0.3 is 5.73 Å². The number of nitrogen functional groups attached to an aromatic ring is 1. The predicted octanol–water partition coefficient (Wildman–Crippen LogP) is 4.47. The molecule has 2 N–H and O–H groups in total. The molecule has 1 rings (SSSR count). The van der Waals surface area contributed by atoms with Crippen LogP contribution in [-0.2, 0) is 6.54 Å². The van der Waals surface area contributed by atoms with Crippen molar-refractivity contribution in [2.75, 3.05) is 18.8 Å². The van der Waals surface area contributed by atoms with E-state index in [-0.39, 0.29) is 0 Å². The van der Waals surface area contributed by atoms with Crippen molar-refractivity contribution in [1.29, 1.82) is 0 Å². The molecule has 0 aliphatic heterocycles. The molecule has 0 radical (unpaired) electrons. The van der Waals surface area contributed by atoms with Crippen molar-refractivity contribution in [3.05, 3.63) is 29.3 Å². The zero-order valence-electron chi connectivity index (χ0n) is 13.9. The van der Waals surface area contributed by atoms with E-state index in [9.17, 15) is 0 Å². The van der Waals surface area contributed by atoms with Crippen molar-refractivity contribution in [3.63, 3.8) is 0 Å². The van der Waals surface area contributed by atoms with E-state index in [1.54, 1.807) is 0 Å². The van der Waals surface area contributed by atoms with Crippen LogP contribution < -0.4 is 5.73 Å². The number of hydrogen-bond acceptors (Lipinski definition) is 2. The lowest BCUT2D eigenvalue weighted by Crippen LogP contribution is -2.27. The fraction of sp³-hybridized carbons (Fsp3) is 0.667. The second-order valence-corrected chi connectivity index (χ2v) is 6.83. The average molecular weight is 276 g/mol. The second kappa shape index (κ2) is 8.31. The minimum atomic E-state index is 0.764. The van der Waals surface area contributed by atoms with Gasteiger partial charge in [-0.2, -0.15) is 0 Å². The summed E-state index contributed by atoms with van der Waals surface area (Å²) in [4.78, 5) is 2.57. The summed E-state index contributed by atoms with van der Waals surface area (Å²) in [5.74, 6) is 1.53. The molecule has 0 fully saturated rings. The molecule has 1 aromatic carbocycles. The van der Waals surface area contributed by atoms with Crippen LogP contribution in [0.3, 0.4) is 0 Å². The quantitative estimate of drug-likeness (QED) is 0.710. The van der Waals surface area contributed by atoms with Gasteiger partial charge in [0, 0.05) is 12.2 Å². The van der Waals surface area contributed by atoms with E-state index >= 15 is 0 Å². The van der Waals surface area contributed by atoms with E-state index in [1.807, 2.05) is 0 Å². The highest BCUT2D eigenvalue weighted by Crippen LogP contribution is 2.16. The van der Waals surface area contributed by atoms with Crippen LogP contribution >= 0.6 is 0 Å². The summed E-state index contributed by atoms with van der Waals surface area (Å²) in [6.07, 6.45) is 2.53. The maximum absolute atomic E-state index is 6.02. The van der Waals surface area contributed by atoms with Gasteiger partial charge in [-0.05, 0) is 61.9 Å². The van der Waals surface area contributed by atoms with Crippen molar-refractivity contribution >= 4 is 5.69 Å². The van der Waals surface area contributed by atoms with Gasteiger partial charge in [0.1, 0.15) is 0 Å². The van der Waals surface area contributed by atoms with Crippen LogP contribution in [0.25, 0.3) is 0 Å². The van der Waals surface area contributed by atoms with Crippen molar-refractivity contribution in [2.45, 2.75) is 54.0 Å². The molecule has 0 aromatic heterocycles. The molecule has 0 bridgehead atoms. The predicted molar refractivity (Wildman–Crippen MR) is 89.8 cm³/mol. The zero-order valence-corrected chi connectivity index (χ0v) is 13.9. The van der Waals surface area contributed by atoms with Gasteiger partial charge in [0.2, 0.25) is 0 Å². The van der Waals surface area contributed by atoms with Crippen molar-refractivity contribution < 1.29 is 0 Å². The van der Waals surface area contributed by atoms with Gasteiger partial charge in [-0.3, -0.25) is 4.90 Å². The zero-order chi connectivity index (χ0) is 15.1. The Balaban J connectivity index is 2.63. The first-order valence-corrected chi connectivity index (χ1v) is 7.95. The van der Waals surface area contributed by atoms with Crippen LogP contribution in [0.1, 0.15) is 51.7 Å². The number of nitrogens with zero attached hydrogens (tertiary/aromatic N) is 1. The largest absolute Gasteiger partial charge is 0.399 e. The van der Waals surface area contributed by atoms with E-state index in [0.29, 0.717) is 0 Å². The van der Waals surface area contributed by atoms with Crippen molar-refractivity contribution in [2.24, 2.45) is 11.8 Å². The van der Waals surface area contributed by atoms with Crippen LogP contribution in [0.15, 0.2) is 18.2 Å². The molecule has 0 spiro atoms. The molecule has 0 saturated carbocycles. The fourth-order valence-electron chi connectivity index (χ4n) is 2.20. The first-order valence-electron chi connectivity index (χ1n) is 7.95. The van der Waals surface area contributed by atoms with E-state index in [4.69, 9.17) is 5.73 Å². The highest BCUT2D eigenvalue weighted by Gasteiger charge is 2.09. The fourth-order valence-corrected chi connectivity index (χ4v) is 2.20. The number of hydrogen-bond donors (Lipinski definition) is 1. The normalized spacial score (nSPS) is 11.8. The van der Waals surface area contributed by atoms with Gasteiger partial charge in [-0.1, -0.05) is 39.8 Å². The molecule has 0 heterocycles. The minimum Gasteiger partial charge on any atom is -0.399 e. The van der Waals surface area contributed by atoms with Gasteiger partial charge in [0.15, 0.2) is 0 Å². The molecule has 0 atom stereocenters. The highest BCUT2D eigenvalue weighted by molar-refractivity contribution is 5.48. The molecule has 1 aromatic rings. The van der Waals surface area contributed by atoms with E-state index < -0.39 is 0 Å². The smallest absolute Gasteiger partial charge is 0.0346 e. The van der Waals surface area contributed by atoms with Gasteiger partial charge in [-0.25, -0.2) is 0 Å². The first kappa shape index (κ1) is 17.0. The lowest BCUT2D eigenvalue weighted by Gasteiger charge is -2.24. The molecule has 0 saturated heterocycles.